The minimum absolute atomic E-state index is 0.159. The van der Waals surface area contributed by atoms with E-state index in [1.807, 2.05) is 0 Å². The molecule has 0 heterocycles. The van der Waals surface area contributed by atoms with E-state index in [1.165, 1.54) is 71.9 Å². The summed E-state index contributed by atoms with van der Waals surface area (Å²) < 4.78 is 0. The van der Waals surface area contributed by atoms with Crippen molar-refractivity contribution in [2.24, 2.45) is 17.8 Å². The minimum atomic E-state index is 0.159. The molecule has 3 saturated carbocycles. The predicted octanol–water partition coefficient (Wildman–Crippen LogP) is 6.46. The highest BCUT2D eigenvalue weighted by atomic mass is 16.1. The van der Waals surface area contributed by atoms with E-state index in [-0.39, 0.29) is 5.92 Å². The Morgan fingerprint density at radius 2 is 1.82 bits per heavy atom. The Kier molecular flexibility index (Phi) is 4.00. The zero-order chi connectivity index (χ0) is 18.7. The second kappa shape index (κ2) is 6.58. The summed E-state index contributed by atoms with van der Waals surface area (Å²) in [6, 6.07) is 13.6. The third-order valence-corrected chi connectivity index (χ3v) is 8.39. The van der Waals surface area contributed by atoms with Crippen molar-refractivity contribution in [3.63, 3.8) is 0 Å². The topological polar surface area (TPSA) is 17.1 Å². The third-order valence-electron chi connectivity index (χ3n) is 8.39. The number of hydrogen-bond acceptors (Lipinski definition) is 1. The van der Waals surface area contributed by atoms with Gasteiger partial charge >= 0.3 is 0 Å². The SMILES string of the molecule is O=C1CCCCC1c1c(CC2CC3CCC2C3)ccc2c1Cc1ccccc1-2. The number of carbonyl (C=O) groups is 1. The fourth-order valence-electron chi connectivity index (χ4n) is 7.09. The lowest BCUT2D eigenvalue weighted by Crippen LogP contribution is -2.22. The van der Waals surface area contributed by atoms with E-state index in [4.69, 9.17) is 0 Å². The molecule has 2 bridgehead atoms. The highest BCUT2D eigenvalue weighted by Crippen LogP contribution is 2.51. The van der Waals surface area contributed by atoms with E-state index in [1.54, 1.807) is 0 Å². The molecule has 0 aromatic heterocycles. The minimum Gasteiger partial charge on any atom is -0.299 e. The van der Waals surface area contributed by atoms with E-state index < -0.39 is 0 Å². The lowest BCUT2D eigenvalue weighted by atomic mass is 9.75. The molecule has 4 aliphatic rings. The second-order valence-corrected chi connectivity index (χ2v) is 9.90. The third kappa shape index (κ3) is 2.62. The van der Waals surface area contributed by atoms with Crippen molar-refractivity contribution in [2.75, 3.05) is 0 Å². The molecule has 4 atom stereocenters. The number of hydrogen-bond donors (Lipinski definition) is 0. The van der Waals surface area contributed by atoms with E-state index in [9.17, 15) is 4.79 Å². The van der Waals surface area contributed by atoms with Crippen molar-refractivity contribution < 1.29 is 4.79 Å². The van der Waals surface area contributed by atoms with Crippen molar-refractivity contribution in [3.8, 4) is 11.1 Å². The molecule has 1 heteroatoms. The highest BCUT2D eigenvalue weighted by Gasteiger charge is 2.40. The molecule has 6 rings (SSSR count). The first kappa shape index (κ1) is 17.0. The van der Waals surface area contributed by atoms with Crippen molar-refractivity contribution in [2.45, 2.75) is 70.1 Å². The average molecular weight is 371 g/mol. The summed E-state index contributed by atoms with van der Waals surface area (Å²) in [6.07, 6.45) is 12.2. The van der Waals surface area contributed by atoms with E-state index in [2.05, 4.69) is 36.4 Å². The molecule has 144 valence electrons. The van der Waals surface area contributed by atoms with Crippen LogP contribution in [0.5, 0.6) is 0 Å². The fourth-order valence-corrected chi connectivity index (χ4v) is 7.09. The van der Waals surface area contributed by atoms with Gasteiger partial charge in [-0.25, -0.2) is 0 Å². The first-order chi connectivity index (χ1) is 13.8. The van der Waals surface area contributed by atoms with Crippen LogP contribution in [0.2, 0.25) is 0 Å². The molecule has 4 aliphatic carbocycles. The molecular formula is C27H30O. The van der Waals surface area contributed by atoms with Crippen LogP contribution in [-0.2, 0) is 17.6 Å². The highest BCUT2D eigenvalue weighted by molar-refractivity contribution is 5.89. The Balaban J connectivity index is 1.44. The normalized spacial score (nSPS) is 30.5. The molecule has 4 unspecified atom stereocenters. The van der Waals surface area contributed by atoms with Crippen molar-refractivity contribution in [3.05, 3.63) is 58.7 Å². The molecule has 0 radical (unpaired) electrons. The lowest BCUT2D eigenvalue weighted by Gasteiger charge is -2.29. The van der Waals surface area contributed by atoms with Gasteiger partial charge in [-0.1, -0.05) is 49.2 Å². The summed E-state index contributed by atoms with van der Waals surface area (Å²) in [5, 5.41) is 0. The van der Waals surface area contributed by atoms with Gasteiger partial charge in [0.05, 0.1) is 0 Å². The number of benzene rings is 2. The quantitative estimate of drug-likeness (QED) is 0.517. The van der Waals surface area contributed by atoms with E-state index in [0.29, 0.717) is 5.78 Å². The van der Waals surface area contributed by atoms with Crippen LogP contribution < -0.4 is 0 Å². The summed E-state index contributed by atoms with van der Waals surface area (Å²) >= 11 is 0. The molecule has 0 saturated heterocycles. The summed E-state index contributed by atoms with van der Waals surface area (Å²) in [5.74, 6) is 3.47. The van der Waals surface area contributed by atoms with Gasteiger partial charge in [0.15, 0.2) is 0 Å². The molecule has 0 aliphatic heterocycles. The number of fused-ring (bicyclic) bond motifs is 5. The monoisotopic (exact) mass is 370 g/mol. The smallest absolute Gasteiger partial charge is 0.140 e. The van der Waals surface area contributed by atoms with Crippen LogP contribution in [0.3, 0.4) is 0 Å². The molecule has 28 heavy (non-hydrogen) atoms. The van der Waals surface area contributed by atoms with Crippen LogP contribution in [0.4, 0.5) is 0 Å². The van der Waals surface area contributed by atoms with Crippen LogP contribution in [0.15, 0.2) is 36.4 Å². The maximum Gasteiger partial charge on any atom is 0.140 e. The lowest BCUT2D eigenvalue weighted by molar-refractivity contribution is -0.121. The van der Waals surface area contributed by atoms with Gasteiger partial charge in [-0.15, -0.1) is 0 Å². The molecule has 2 aromatic rings. The number of ketones is 1. The molecule has 0 amide bonds. The van der Waals surface area contributed by atoms with Gasteiger partial charge in [-0.3, -0.25) is 4.79 Å². The van der Waals surface area contributed by atoms with Crippen LogP contribution in [0.25, 0.3) is 11.1 Å². The summed E-state index contributed by atoms with van der Waals surface area (Å²) in [4.78, 5) is 13.0. The maximum atomic E-state index is 13.0. The molecular weight excluding hydrogens is 340 g/mol. The van der Waals surface area contributed by atoms with Crippen LogP contribution in [-0.4, -0.2) is 5.78 Å². The van der Waals surface area contributed by atoms with Crippen molar-refractivity contribution >= 4 is 5.78 Å². The predicted molar refractivity (Wildman–Crippen MR) is 114 cm³/mol. The number of rotatable bonds is 3. The maximum absolute atomic E-state index is 13.0. The first-order valence-electron chi connectivity index (χ1n) is 11.5. The summed E-state index contributed by atoms with van der Waals surface area (Å²) in [7, 11) is 0. The molecule has 3 fully saturated rings. The van der Waals surface area contributed by atoms with Crippen LogP contribution in [0, 0.1) is 17.8 Å². The summed E-state index contributed by atoms with van der Waals surface area (Å²) in [6.45, 7) is 0. The summed E-state index contributed by atoms with van der Waals surface area (Å²) in [5.41, 5.74) is 8.71. The van der Waals surface area contributed by atoms with Crippen LogP contribution >= 0.6 is 0 Å². The van der Waals surface area contributed by atoms with Crippen molar-refractivity contribution in [1.29, 1.82) is 0 Å². The second-order valence-electron chi connectivity index (χ2n) is 9.90. The van der Waals surface area contributed by atoms with Gasteiger partial charge in [0, 0.05) is 12.3 Å². The zero-order valence-corrected chi connectivity index (χ0v) is 16.8. The standard InChI is InChI=1S/C27H30O/c28-26-8-4-3-7-24(26)27-20(15-21-14-17-9-10-18(21)13-17)11-12-23-22-6-2-1-5-19(22)16-25(23)27/h1-2,5-6,11-12,17-18,21,24H,3-4,7-10,13-16H2. The Morgan fingerprint density at radius 3 is 2.64 bits per heavy atom. The van der Waals surface area contributed by atoms with Gasteiger partial charge in [0.25, 0.3) is 0 Å². The Hall–Kier alpha value is -1.89. The van der Waals surface area contributed by atoms with Gasteiger partial charge in [0.2, 0.25) is 0 Å². The molecule has 0 spiro atoms. The van der Waals surface area contributed by atoms with E-state index >= 15 is 0 Å². The number of carbonyl (C=O) groups excluding carboxylic acids is 1. The van der Waals surface area contributed by atoms with Gasteiger partial charge in [-0.2, -0.15) is 0 Å². The zero-order valence-electron chi connectivity index (χ0n) is 16.8. The van der Waals surface area contributed by atoms with Crippen LogP contribution in [0.1, 0.15) is 79.5 Å². The van der Waals surface area contributed by atoms with Gasteiger partial charge in [0.1, 0.15) is 5.78 Å². The molecule has 1 nitrogen and oxygen atoms in total. The Bertz CT molecular complexity index is 939. The Labute approximate surface area is 168 Å². The fraction of sp³-hybridized carbons (Fsp3) is 0.519. The first-order valence-corrected chi connectivity index (χ1v) is 11.5. The Morgan fingerprint density at radius 1 is 0.893 bits per heavy atom. The molecule has 2 aromatic carbocycles. The largest absolute Gasteiger partial charge is 0.299 e. The molecule has 0 N–H and O–H groups in total. The number of Topliss-reactive ketones (excluding diaryl/α,β-unsaturated/α-hetero) is 1. The average Bonchev–Trinajstić information content (AvgIpc) is 3.42. The van der Waals surface area contributed by atoms with Gasteiger partial charge in [-0.05, 0) is 96.1 Å². The van der Waals surface area contributed by atoms with E-state index in [0.717, 1.165) is 43.4 Å². The van der Waals surface area contributed by atoms with Gasteiger partial charge < -0.3 is 0 Å². The van der Waals surface area contributed by atoms with Crippen molar-refractivity contribution in [1.82, 2.24) is 0 Å².